The summed E-state index contributed by atoms with van der Waals surface area (Å²) >= 11 is 0. The Balaban J connectivity index is 0.810. The zero-order valence-corrected chi connectivity index (χ0v) is 30.3. The second-order valence-corrected chi connectivity index (χ2v) is 14.8. The number of hydrogen-bond acceptors (Lipinski definition) is 7. The average Bonchev–Trinajstić information content (AvgIpc) is 3.13. The molecule has 48 heavy (non-hydrogen) atoms. The van der Waals surface area contributed by atoms with Gasteiger partial charge in [0.2, 0.25) is 0 Å². The number of benzene rings is 2. The van der Waals surface area contributed by atoms with Crippen molar-refractivity contribution in [3.8, 4) is 11.5 Å². The highest BCUT2D eigenvalue weighted by Crippen LogP contribution is 2.24. The summed E-state index contributed by atoms with van der Waals surface area (Å²) in [6, 6.07) is 16.9. The molecule has 0 spiro atoms. The van der Waals surface area contributed by atoms with Crippen molar-refractivity contribution in [1.29, 1.82) is 0 Å². The molecule has 0 unspecified atom stereocenters. The maximum absolute atomic E-state index is 6.03. The van der Waals surface area contributed by atoms with Gasteiger partial charge >= 0.3 is 0 Å². The van der Waals surface area contributed by atoms with Crippen LogP contribution in [0.4, 0.5) is 0 Å². The van der Waals surface area contributed by atoms with Crippen LogP contribution in [0, 0.1) is 18.8 Å². The fraction of sp³-hybridized carbons (Fsp3) is 0.707. The zero-order valence-electron chi connectivity index (χ0n) is 30.3. The van der Waals surface area contributed by atoms with Crippen LogP contribution in [0.2, 0.25) is 0 Å². The third-order valence-electron chi connectivity index (χ3n) is 11.0. The molecule has 2 aromatic rings. The lowest BCUT2D eigenvalue weighted by Gasteiger charge is -2.34. The zero-order chi connectivity index (χ0) is 33.1. The van der Waals surface area contributed by atoms with Crippen molar-refractivity contribution in [2.45, 2.75) is 77.6 Å². The molecule has 7 nitrogen and oxygen atoms in total. The van der Waals surface area contributed by atoms with Gasteiger partial charge in [-0.15, -0.1) is 0 Å². The van der Waals surface area contributed by atoms with Crippen LogP contribution >= 0.6 is 0 Å². The minimum atomic E-state index is 0.674. The van der Waals surface area contributed by atoms with E-state index in [9.17, 15) is 0 Å². The summed E-state index contributed by atoms with van der Waals surface area (Å²) in [7, 11) is 0. The molecule has 3 aliphatic heterocycles. The van der Waals surface area contributed by atoms with Crippen LogP contribution in [-0.2, 0) is 6.42 Å². The molecular formula is C41H67N5O2. The van der Waals surface area contributed by atoms with Crippen molar-refractivity contribution >= 4 is 0 Å². The van der Waals surface area contributed by atoms with Gasteiger partial charge in [0.1, 0.15) is 11.5 Å². The Morgan fingerprint density at radius 1 is 0.604 bits per heavy atom. The highest BCUT2D eigenvalue weighted by molar-refractivity contribution is 5.29. The Hall–Kier alpha value is -2.16. The van der Waals surface area contributed by atoms with Gasteiger partial charge in [0.05, 0.1) is 13.2 Å². The number of nitrogens with one attached hydrogen (secondary N) is 2. The molecule has 0 amide bonds. The van der Waals surface area contributed by atoms with E-state index < -0.39 is 0 Å². The van der Waals surface area contributed by atoms with E-state index >= 15 is 0 Å². The summed E-state index contributed by atoms with van der Waals surface area (Å²) in [5, 5.41) is 7.38. The smallest absolute Gasteiger partial charge is 0.119 e. The van der Waals surface area contributed by atoms with E-state index in [4.69, 9.17) is 9.47 Å². The lowest BCUT2D eigenvalue weighted by Crippen LogP contribution is -2.41. The molecule has 2 aromatic carbocycles. The van der Waals surface area contributed by atoms with Crippen LogP contribution in [0.1, 0.15) is 75.3 Å². The SMILES string of the molecule is Cc1ccc(OCCCOc2cccc(CCC3CCN(CCNCCNCCC4CCN(CCN5CCCCC5)CC4)CC3)c2)cc1. The molecule has 2 N–H and O–H groups in total. The summed E-state index contributed by atoms with van der Waals surface area (Å²) in [5.41, 5.74) is 2.65. The van der Waals surface area contributed by atoms with E-state index in [1.807, 2.05) is 12.1 Å². The number of likely N-dealkylation sites (tertiary alicyclic amines) is 3. The van der Waals surface area contributed by atoms with Gasteiger partial charge in [-0.2, -0.15) is 0 Å². The maximum atomic E-state index is 6.03. The Morgan fingerprint density at radius 2 is 1.21 bits per heavy atom. The van der Waals surface area contributed by atoms with E-state index in [2.05, 4.69) is 68.7 Å². The molecule has 3 fully saturated rings. The van der Waals surface area contributed by atoms with E-state index in [-0.39, 0.29) is 0 Å². The van der Waals surface area contributed by atoms with Crippen molar-refractivity contribution in [1.82, 2.24) is 25.3 Å². The first kappa shape index (κ1) is 37.1. The van der Waals surface area contributed by atoms with Crippen LogP contribution in [-0.4, -0.2) is 113 Å². The average molecular weight is 662 g/mol. The molecule has 0 bridgehead atoms. The Bertz CT molecular complexity index is 1110. The summed E-state index contributed by atoms with van der Waals surface area (Å²) in [6.45, 7) is 19.4. The van der Waals surface area contributed by atoms with E-state index in [0.717, 1.165) is 55.8 Å². The van der Waals surface area contributed by atoms with Crippen molar-refractivity contribution in [3.05, 3.63) is 59.7 Å². The van der Waals surface area contributed by atoms with Gasteiger partial charge in [-0.1, -0.05) is 36.2 Å². The highest BCUT2D eigenvalue weighted by atomic mass is 16.5. The standard InChI is InChI=1S/C41H67N5O2/c1-36-9-13-40(14-10-36)47-33-6-34-48-41-8-5-7-39(35-41)12-11-37-16-26-45(27-17-37)30-23-43-22-21-42-20-15-38-18-28-46(29-19-38)32-31-44-24-3-2-4-25-44/h5,7-10,13-14,35,37-38,42-43H,2-4,6,11-12,15-34H2,1H3. The van der Waals surface area contributed by atoms with Crippen LogP contribution < -0.4 is 20.1 Å². The van der Waals surface area contributed by atoms with Crippen molar-refractivity contribution in [2.75, 3.05) is 98.3 Å². The third-order valence-corrected chi connectivity index (χ3v) is 11.0. The van der Waals surface area contributed by atoms with Crippen molar-refractivity contribution < 1.29 is 9.47 Å². The molecule has 0 saturated carbocycles. The monoisotopic (exact) mass is 662 g/mol. The topological polar surface area (TPSA) is 52.2 Å². The third kappa shape index (κ3) is 14.4. The fourth-order valence-electron chi connectivity index (χ4n) is 7.67. The summed E-state index contributed by atoms with van der Waals surface area (Å²) in [6.07, 6.45) is 14.4. The molecule has 0 atom stereocenters. The summed E-state index contributed by atoms with van der Waals surface area (Å²) < 4.78 is 11.9. The number of nitrogens with zero attached hydrogens (tertiary/aromatic N) is 3. The molecule has 0 radical (unpaired) electrons. The minimum absolute atomic E-state index is 0.674. The molecular weight excluding hydrogens is 594 g/mol. The van der Waals surface area contributed by atoms with E-state index in [0.29, 0.717) is 13.2 Å². The number of piperidine rings is 3. The first-order valence-electron chi connectivity index (χ1n) is 19.7. The largest absolute Gasteiger partial charge is 0.493 e. The first-order valence-corrected chi connectivity index (χ1v) is 19.7. The van der Waals surface area contributed by atoms with Crippen LogP contribution in [0.25, 0.3) is 0 Å². The maximum Gasteiger partial charge on any atom is 0.119 e. The Labute approximate surface area is 293 Å². The fourth-order valence-corrected chi connectivity index (χ4v) is 7.67. The van der Waals surface area contributed by atoms with Gasteiger partial charge in [-0.3, -0.25) is 0 Å². The molecule has 0 aliphatic carbocycles. The molecule has 268 valence electrons. The van der Waals surface area contributed by atoms with Gasteiger partial charge < -0.3 is 34.8 Å². The van der Waals surface area contributed by atoms with Gasteiger partial charge in [0.25, 0.3) is 0 Å². The van der Waals surface area contributed by atoms with Crippen LogP contribution in [0.15, 0.2) is 48.5 Å². The predicted molar refractivity (Wildman–Crippen MR) is 201 cm³/mol. The van der Waals surface area contributed by atoms with E-state index in [1.54, 1.807) is 0 Å². The van der Waals surface area contributed by atoms with E-state index in [1.165, 1.54) is 134 Å². The summed E-state index contributed by atoms with van der Waals surface area (Å²) in [4.78, 5) is 8.06. The highest BCUT2D eigenvalue weighted by Gasteiger charge is 2.20. The van der Waals surface area contributed by atoms with Gasteiger partial charge in [0, 0.05) is 45.7 Å². The van der Waals surface area contributed by atoms with Crippen molar-refractivity contribution in [2.24, 2.45) is 11.8 Å². The number of hydrogen-bond donors (Lipinski definition) is 2. The lowest BCUT2D eigenvalue weighted by molar-refractivity contribution is 0.143. The first-order chi connectivity index (χ1) is 23.7. The van der Waals surface area contributed by atoms with Crippen LogP contribution in [0.3, 0.4) is 0 Å². The predicted octanol–water partition coefficient (Wildman–Crippen LogP) is 6.25. The molecule has 5 rings (SSSR count). The second kappa shape index (κ2) is 21.8. The molecule has 3 saturated heterocycles. The quantitative estimate of drug-likeness (QED) is 0.153. The lowest BCUT2D eigenvalue weighted by atomic mass is 9.90. The van der Waals surface area contributed by atoms with Crippen LogP contribution in [0.5, 0.6) is 11.5 Å². The summed E-state index contributed by atoms with van der Waals surface area (Å²) in [5.74, 6) is 3.67. The number of aryl methyl sites for hydroxylation is 2. The Morgan fingerprint density at radius 3 is 1.92 bits per heavy atom. The van der Waals surface area contributed by atoms with Gasteiger partial charge in [-0.25, -0.2) is 0 Å². The molecule has 3 aliphatic rings. The molecule has 7 heteroatoms. The minimum Gasteiger partial charge on any atom is -0.493 e. The Kier molecular flexibility index (Phi) is 16.9. The van der Waals surface area contributed by atoms with Gasteiger partial charge in [0.15, 0.2) is 0 Å². The van der Waals surface area contributed by atoms with Crippen molar-refractivity contribution in [3.63, 3.8) is 0 Å². The number of ether oxygens (including phenoxy) is 2. The number of rotatable bonds is 21. The second-order valence-electron chi connectivity index (χ2n) is 14.8. The normalized spacial score (nSPS) is 19.1. The molecule has 3 heterocycles. The van der Waals surface area contributed by atoms with Gasteiger partial charge in [-0.05, 0) is 152 Å². The molecule has 0 aromatic heterocycles.